The van der Waals surface area contributed by atoms with Crippen LogP contribution in [0.2, 0.25) is 0 Å². The van der Waals surface area contributed by atoms with Crippen LogP contribution in [-0.4, -0.2) is 11.2 Å². The van der Waals surface area contributed by atoms with Crippen molar-refractivity contribution in [3.8, 4) is 0 Å². The van der Waals surface area contributed by atoms with Crippen LogP contribution in [0.3, 0.4) is 0 Å². The zero-order valence-electron chi connectivity index (χ0n) is 13.0. The Labute approximate surface area is 118 Å². The molecule has 0 bridgehead atoms. The standard InChI is InChI=1S/C18H30O/c1-17(2)15-8-7-14(11-13(15)12-16(17)19)18(3)9-5-4-6-10-18/h14,16,19H,4-12H2,1-3H3. The van der Waals surface area contributed by atoms with Gasteiger partial charge in [-0.15, -0.1) is 0 Å². The molecular formula is C18H30O. The smallest absolute Gasteiger partial charge is 0.0665 e. The zero-order chi connectivity index (χ0) is 13.7. The van der Waals surface area contributed by atoms with Gasteiger partial charge in [0.25, 0.3) is 0 Å². The van der Waals surface area contributed by atoms with Crippen molar-refractivity contribution in [2.45, 2.75) is 84.7 Å². The lowest BCUT2D eigenvalue weighted by molar-refractivity contribution is 0.0881. The van der Waals surface area contributed by atoms with Crippen LogP contribution in [0.15, 0.2) is 11.1 Å². The summed E-state index contributed by atoms with van der Waals surface area (Å²) >= 11 is 0. The van der Waals surface area contributed by atoms with E-state index in [0.29, 0.717) is 5.41 Å². The van der Waals surface area contributed by atoms with E-state index in [9.17, 15) is 5.11 Å². The van der Waals surface area contributed by atoms with Gasteiger partial charge in [-0.25, -0.2) is 0 Å². The molecule has 3 aliphatic carbocycles. The van der Waals surface area contributed by atoms with Crippen molar-refractivity contribution in [2.24, 2.45) is 16.7 Å². The van der Waals surface area contributed by atoms with Crippen LogP contribution in [0.5, 0.6) is 0 Å². The van der Waals surface area contributed by atoms with Crippen molar-refractivity contribution in [3.05, 3.63) is 11.1 Å². The van der Waals surface area contributed by atoms with E-state index in [4.69, 9.17) is 0 Å². The normalized spacial score (nSPS) is 37.3. The van der Waals surface area contributed by atoms with Gasteiger partial charge in [-0.3, -0.25) is 0 Å². The molecule has 0 heterocycles. The lowest BCUT2D eigenvalue weighted by atomic mass is 9.61. The average Bonchev–Trinajstić information content (AvgIpc) is 2.61. The summed E-state index contributed by atoms with van der Waals surface area (Å²) in [5.74, 6) is 0.882. The van der Waals surface area contributed by atoms with E-state index in [-0.39, 0.29) is 11.5 Å². The molecule has 0 radical (unpaired) electrons. The summed E-state index contributed by atoms with van der Waals surface area (Å²) in [5.41, 5.74) is 3.87. The third-order valence-corrected chi connectivity index (χ3v) is 6.69. The summed E-state index contributed by atoms with van der Waals surface area (Å²) in [6, 6.07) is 0. The molecule has 0 aromatic rings. The van der Waals surface area contributed by atoms with Gasteiger partial charge in [0.05, 0.1) is 6.10 Å². The number of hydrogen-bond acceptors (Lipinski definition) is 1. The fraction of sp³-hybridized carbons (Fsp3) is 0.889. The fourth-order valence-electron chi connectivity index (χ4n) is 5.05. The van der Waals surface area contributed by atoms with E-state index in [1.165, 1.54) is 51.4 Å². The molecule has 1 N–H and O–H groups in total. The molecule has 2 unspecified atom stereocenters. The molecule has 0 saturated heterocycles. The third kappa shape index (κ3) is 2.18. The molecule has 0 aliphatic heterocycles. The molecule has 3 rings (SSSR count). The van der Waals surface area contributed by atoms with Crippen LogP contribution in [0, 0.1) is 16.7 Å². The van der Waals surface area contributed by atoms with Gasteiger partial charge in [-0.2, -0.15) is 0 Å². The highest BCUT2D eigenvalue weighted by atomic mass is 16.3. The Morgan fingerprint density at radius 1 is 1.00 bits per heavy atom. The summed E-state index contributed by atoms with van der Waals surface area (Å²) in [6.45, 7) is 7.02. The summed E-state index contributed by atoms with van der Waals surface area (Å²) in [5, 5.41) is 10.3. The first-order valence-corrected chi connectivity index (χ1v) is 8.33. The molecule has 3 aliphatic rings. The van der Waals surface area contributed by atoms with Crippen molar-refractivity contribution in [2.75, 3.05) is 0 Å². The Kier molecular flexibility index (Phi) is 3.32. The Bertz CT molecular complexity index is 384. The topological polar surface area (TPSA) is 20.2 Å². The van der Waals surface area contributed by atoms with Gasteiger partial charge in [0, 0.05) is 5.41 Å². The molecular weight excluding hydrogens is 232 g/mol. The molecule has 0 aromatic heterocycles. The minimum atomic E-state index is -0.129. The molecule has 0 spiro atoms. The highest BCUT2D eigenvalue weighted by molar-refractivity contribution is 5.32. The average molecular weight is 262 g/mol. The Morgan fingerprint density at radius 2 is 1.68 bits per heavy atom. The first-order valence-electron chi connectivity index (χ1n) is 8.33. The van der Waals surface area contributed by atoms with Gasteiger partial charge in [0.15, 0.2) is 0 Å². The van der Waals surface area contributed by atoms with Gasteiger partial charge < -0.3 is 5.11 Å². The highest BCUT2D eigenvalue weighted by Gasteiger charge is 2.45. The van der Waals surface area contributed by atoms with Gasteiger partial charge in [-0.05, 0) is 49.9 Å². The second-order valence-electron chi connectivity index (χ2n) is 8.18. The SMILES string of the molecule is CC1(C2CCC3=C(C2)CC(O)C3(C)C)CCCCC1. The van der Waals surface area contributed by atoms with Crippen LogP contribution >= 0.6 is 0 Å². The molecule has 0 amide bonds. The zero-order valence-corrected chi connectivity index (χ0v) is 13.0. The molecule has 0 aromatic carbocycles. The summed E-state index contributed by atoms with van der Waals surface area (Å²) in [4.78, 5) is 0. The van der Waals surface area contributed by atoms with Gasteiger partial charge in [-0.1, -0.05) is 51.2 Å². The maximum absolute atomic E-state index is 10.3. The van der Waals surface area contributed by atoms with Crippen molar-refractivity contribution >= 4 is 0 Å². The molecule has 108 valence electrons. The number of hydrogen-bond donors (Lipinski definition) is 1. The van der Waals surface area contributed by atoms with Gasteiger partial charge in [0.2, 0.25) is 0 Å². The predicted molar refractivity (Wildman–Crippen MR) is 80.0 cm³/mol. The first kappa shape index (κ1) is 13.7. The van der Waals surface area contributed by atoms with E-state index in [1.807, 2.05) is 0 Å². The maximum Gasteiger partial charge on any atom is 0.0665 e. The molecule has 1 heteroatoms. The minimum Gasteiger partial charge on any atom is -0.392 e. The van der Waals surface area contributed by atoms with Crippen molar-refractivity contribution in [1.82, 2.24) is 0 Å². The Morgan fingerprint density at radius 3 is 2.37 bits per heavy atom. The molecule has 1 saturated carbocycles. The summed E-state index contributed by atoms with van der Waals surface area (Å²) in [6.07, 6.45) is 11.9. The van der Waals surface area contributed by atoms with E-state index in [0.717, 1.165) is 12.3 Å². The lowest BCUT2D eigenvalue weighted by Crippen LogP contribution is -2.32. The van der Waals surface area contributed by atoms with Crippen molar-refractivity contribution in [1.29, 1.82) is 0 Å². The number of aliphatic hydroxyl groups is 1. The van der Waals surface area contributed by atoms with E-state index in [2.05, 4.69) is 20.8 Å². The maximum atomic E-state index is 10.3. The number of aliphatic hydroxyl groups excluding tert-OH is 1. The highest BCUT2D eigenvalue weighted by Crippen LogP contribution is 2.55. The number of rotatable bonds is 1. The molecule has 19 heavy (non-hydrogen) atoms. The second kappa shape index (κ2) is 4.62. The molecule has 1 fully saturated rings. The third-order valence-electron chi connectivity index (χ3n) is 6.69. The van der Waals surface area contributed by atoms with Crippen LogP contribution in [0.25, 0.3) is 0 Å². The minimum absolute atomic E-state index is 0.0494. The van der Waals surface area contributed by atoms with Crippen LogP contribution in [0.1, 0.15) is 78.6 Å². The van der Waals surface area contributed by atoms with Crippen molar-refractivity contribution < 1.29 is 5.11 Å². The van der Waals surface area contributed by atoms with Crippen LogP contribution < -0.4 is 0 Å². The van der Waals surface area contributed by atoms with E-state index < -0.39 is 0 Å². The lowest BCUT2D eigenvalue weighted by Gasteiger charge is -2.44. The van der Waals surface area contributed by atoms with E-state index >= 15 is 0 Å². The monoisotopic (exact) mass is 262 g/mol. The summed E-state index contributed by atoms with van der Waals surface area (Å²) < 4.78 is 0. The largest absolute Gasteiger partial charge is 0.392 e. The van der Waals surface area contributed by atoms with Crippen LogP contribution in [-0.2, 0) is 0 Å². The van der Waals surface area contributed by atoms with Gasteiger partial charge >= 0.3 is 0 Å². The molecule has 1 nitrogen and oxygen atoms in total. The fourth-order valence-corrected chi connectivity index (χ4v) is 5.05. The Hall–Kier alpha value is -0.300. The molecule has 2 atom stereocenters. The van der Waals surface area contributed by atoms with Crippen LogP contribution in [0.4, 0.5) is 0 Å². The quantitative estimate of drug-likeness (QED) is 0.670. The predicted octanol–water partition coefficient (Wildman–Crippen LogP) is 4.84. The summed E-state index contributed by atoms with van der Waals surface area (Å²) in [7, 11) is 0. The Balaban J connectivity index is 1.77. The van der Waals surface area contributed by atoms with E-state index in [1.54, 1.807) is 11.1 Å². The van der Waals surface area contributed by atoms with Crippen molar-refractivity contribution in [3.63, 3.8) is 0 Å². The second-order valence-corrected chi connectivity index (χ2v) is 8.18. The van der Waals surface area contributed by atoms with Gasteiger partial charge in [0.1, 0.15) is 0 Å². The first-order chi connectivity index (χ1) is 8.93.